The molecule has 0 saturated heterocycles. The lowest BCUT2D eigenvalue weighted by Gasteiger charge is -2.20. The molecule has 0 aliphatic rings. The van der Waals surface area contributed by atoms with Crippen molar-refractivity contribution < 1.29 is 9.53 Å². The molecule has 3 nitrogen and oxygen atoms in total. The number of carbonyl (C=O) groups is 1. The van der Waals surface area contributed by atoms with Gasteiger partial charge in [-0.25, -0.2) is 0 Å². The molecule has 0 aliphatic heterocycles. The SMILES string of the molecule is CCCOc1ccc(C(=O)N[C@H](c2ccccc2)c2ccc(C)cc2)cc1. The summed E-state index contributed by atoms with van der Waals surface area (Å²) in [6, 6.07) is 25.4. The van der Waals surface area contributed by atoms with E-state index in [1.807, 2.05) is 42.5 Å². The van der Waals surface area contributed by atoms with Crippen LogP contribution in [-0.4, -0.2) is 12.5 Å². The van der Waals surface area contributed by atoms with Gasteiger partial charge in [-0.1, -0.05) is 67.1 Å². The van der Waals surface area contributed by atoms with Gasteiger partial charge in [-0.2, -0.15) is 0 Å². The monoisotopic (exact) mass is 359 g/mol. The van der Waals surface area contributed by atoms with Gasteiger partial charge in [0, 0.05) is 5.56 Å². The summed E-state index contributed by atoms with van der Waals surface area (Å²) < 4.78 is 5.59. The summed E-state index contributed by atoms with van der Waals surface area (Å²) in [6.07, 6.45) is 0.956. The van der Waals surface area contributed by atoms with E-state index in [0.29, 0.717) is 12.2 Å². The Kier molecular flexibility index (Phi) is 6.26. The summed E-state index contributed by atoms with van der Waals surface area (Å²) in [5.41, 5.74) is 3.92. The zero-order valence-corrected chi connectivity index (χ0v) is 15.8. The zero-order chi connectivity index (χ0) is 19.1. The quantitative estimate of drug-likeness (QED) is 0.621. The van der Waals surface area contributed by atoms with E-state index in [9.17, 15) is 4.79 Å². The molecule has 1 atom stereocenters. The number of amides is 1. The van der Waals surface area contributed by atoms with E-state index in [4.69, 9.17) is 4.74 Å². The van der Waals surface area contributed by atoms with Crippen molar-refractivity contribution in [3.05, 3.63) is 101 Å². The summed E-state index contributed by atoms with van der Waals surface area (Å²) >= 11 is 0. The molecular formula is C24H25NO2. The summed E-state index contributed by atoms with van der Waals surface area (Å²) in [7, 11) is 0. The molecule has 3 rings (SSSR count). The third kappa shape index (κ3) is 4.98. The number of ether oxygens (including phenoxy) is 1. The van der Waals surface area contributed by atoms with E-state index in [2.05, 4.69) is 43.4 Å². The second-order valence-electron chi connectivity index (χ2n) is 6.60. The third-order valence-electron chi connectivity index (χ3n) is 4.41. The van der Waals surface area contributed by atoms with Gasteiger partial charge in [-0.15, -0.1) is 0 Å². The summed E-state index contributed by atoms with van der Waals surface area (Å²) in [4.78, 5) is 12.8. The second kappa shape index (κ2) is 9.04. The van der Waals surface area contributed by atoms with Crippen LogP contribution in [-0.2, 0) is 0 Å². The highest BCUT2D eigenvalue weighted by molar-refractivity contribution is 5.94. The molecule has 0 saturated carbocycles. The highest BCUT2D eigenvalue weighted by Crippen LogP contribution is 2.23. The Morgan fingerprint density at radius 1 is 0.889 bits per heavy atom. The summed E-state index contributed by atoms with van der Waals surface area (Å²) in [5.74, 6) is 0.679. The normalized spacial score (nSPS) is 11.6. The molecule has 3 aromatic carbocycles. The summed E-state index contributed by atoms with van der Waals surface area (Å²) in [6.45, 7) is 4.80. The second-order valence-corrected chi connectivity index (χ2v) is 6.60. The molecule has 0 heterocycles. The standard InChI is InChI=1S/C24H25NO2/c1-3-17-27-22-15-13-21(14-16-22)24(26)25-23(19-7-5-4-6-8-19)20-11-9-18(2)10-12-20/h4-16,23H,3,17H2,1-2H3,(H,25,26)/t23-/m1/s1. The molecule has 0 bridgehead atoms. The van der Waals surface area contributed by atoms with Gasteiger partial charge < -0.3 is 10.1 Å². The van der Waals surface area contributed by atoms with Gasteiger partial charge in [0.25, 0.3) is 5.91 Å². The van der Waals surface area contributed by atoms with Crippen molar-refractivity contribution in [1.29, 1.82) is 0 Å². The van der Waals surface area contributed by atoms with Crippen LogP contribution in [0.15, 0.2) is 78.9 Å². The smallest absolute Gasteiger partial charge is 0.252 e. The molecule has 0 radical (unpaired) electrons. The Balaban J connectivity index is 1.81. The molecule has 138 valence electrons. The molecule has 0 unspecified atom stereocenters. The molecule has 1 amide bonds. The van der Waals surface area contributed by atoms with Crippen LogP contribution in [0.1, 0.15) is 46.4 Å². The number of aryl methyl sites for hydroxylation is 1. The minimum absolute atomic E-state index is 0.105. The first-order valence-corrected chi connectivity index (χ1v) is 9.32. The van der Waals surface area contributed by atoms with Gasteiger partial charge in [0.1, 0.15) is 5.75 Å². The number of carbonyl (C=O) groups excluding carboxylic acids is 1. The maximum Gasteiger partial charge on any atom is 0.252 e. The van der Waals surface area contributed by atoms with Gasteiger partial charge in [0.15, 0.2) is 0 Å². The van der Waals surface area contributed by atoms with Crippen molar-refractivity contribution in [2.24, 2.45) is 0 Å². The fourth-order valence-electron chi connectivity index (χ4n) is 2.90. The Hall–Kier alpha value is -3.07. The highest BCUT2D eigenvalue weighted by atomic mass is 16.5. The van der Waals surface area contributed by atoms with E-state index in [1.54, 1.807) is 12.1 Å². The number of hydrogen-bond donors (Lipinski definition) is 1. The molecular weight excluding hydrogens is 334 g/mol. The molecule has 1 N–H and O–H groups in total. The molecule has 0 aromatic heterocycles. The molecule has 3 heteroatoms. The first-order chi connectivity index (χ1) is 13.2. The van der Waals surface area contributed by atoms with Crippen LogP contribution in [0.25, 0.3) is 0 Å². The average molecular weight is 359 g/mol. The van der Waals surface area contributed by atoms with Crippen molar-refractivity contribution >= 4 is 5.91 Å². The predicted molar refractivity (Wildman–Crippen MR) is 109 cm³/mol. The van der Waals surface area contributed by atoms with Crippen LogP contribution in [0.5, 0.6) is 5.75 Å². The molecule has 0 spiro atoms. The summed E-state index contributed by atoms with van der Waals surface area (Å²) in [5, 5.41) is 3.17. The first-order valence-electron chi connectivity index (χ1n) is 9.32. The lowest BCUT2D eigenvalue weighted by Crippen LogP contribution is -2.29. The molecule has 27 heavy (non-hydrogen) atoms. The Morgan fingerprint density at radius 2 is 1.52 bits per heavy atom. The van der Waals surface area contributed by atoms with Crippen LogP contribution >= 0.6 is 0 Å². The highest BCUT2D eigenvalue weighted by Gasteiger charge is 2.17. The van der Waals surface area contributed by atoms with E-state index in [1.165, 1.54) is 5.56 Å². The van der Waals surface area contributed by atoms with Crippen molar-refractivity contribution in [2.45, 2.75) is 26.3 Å². The first kappa shape index (κ1) is 18.7. The van der Waals surface area contributed by atoms with Crippen molar-refractivity contribution in [3.8, 4) is 5.75 Å². The fraction of sp³-hybridized carbons (Fsp3) is 0.208. The van der Waals surface area contributed by atoms with Gasteiger partial charge >= 0.3 is 0 Å². The van der Waals surface area contributed by atoms with Crippen LogP contribution in [0.4, 0.5) is 0 Å². The number of nitrogens with one attached hydrogen (secondary N) is 1. The van der Waals surface area contributed by atoms with Gasteiger partial charge in [0.2, 0.25) is 0 Å². The lowest BCUT2D eigenvalue weighted by molar-refractivity contribution is 0.0943. The maximum atomic E-state index is 12.8. The zero-order valence-electron chi connectivity index (χ0n) is 15.8. The molecule has 0 fully saturated rings. The largest absolute Gasteiger partial charge is 0.494 e. The van der Waals surface area contributed by atoms with Crippen LogP contribution < -0.4 is 10.1 Å². The maximum absolute atomic E-state index is 12.8. The number of rotatable bonds is 7. The predicted octanol–water partition coefficient (Wildman–Crippen LogP) is 5.30. The van der Waals surface area contributed by atoms with Crippen molar-refractivity contribution in [1.82, 2.24) is 5.32 Å². The lowest BCUT2D eigenvalue weighted by atomic mass is 9.97. The Morgan fingerprint density at radius 3 is 2.15 bits per heavy atom. The Bertz CT molecular complexity index is 855. The van der Waals surface area contributed by atoms with E-state index in [0.717, 1.165) is 23.3 Å². The van der Waals surface area contributed by atoms with E-state index in [-0.39, 0.29) is 11.9 Å². The van der Waals surface area contributed by atoms with Crippen LogP contribution in [0.3, 0.4) is 0 Å². The third-order valence-corrected chi connectivity index (χ3v) is 4.41. The minimum Gasteiger partial charge on any atom is -0.494 e. The van der Waals surface area contributed by atoms with Gasteiger partial charge in [-0.05, 0) is 48.7 Å². The fourth-order valence-corrected chi connectivity index (χ4v) is 2.90. The van der Waals surface area contributed by atoms with Gasteiger partial charge in [-0.3, -0.25) is 4.79 Å². The number of benzene rings is 3. The average Bonchev–Trinajstić information content (AvgIpc) is 2.72. The van der Waals surface area contributed by atoms with Crippen LogP contribution in [0, 0.1) is 6.92 Å². The van der Waals surface area contributed by atoms with Crippen molar-refractivity contribution in [2.75, 3.05) is 6.61 Å². The van der Waals surface area contributed by atoms with E-state index < -0.39 is 0 Å². The van der Waals surface area contributed by atoms with Crippen LogP contribution in [0.2, 0.25) is 0 Å². The topological polar surface area (TPSA) is 38.3 Å². The van der Waals surface area contributed by atoms with E-state index >= 15 is 0 Å². The Labute approximate surface area is 161 Å². The molecule has 3 aromatic rings. The minimum atomic E-state index is -0.199. The molecule has 0 aliphatic carbocycles. The number of hydrogen-bond acceptors (Lipinski definition) is 2. The van der Waals surface area contributed by atoms with Gasteiger partial charge in [0.05, 0.1) is 12.6 Å². The van der Waals surface area contributed by atoms with Crippen molar-refractivity contribution in [3.63, 3.8) is 0 Å².